The van der Waals surface area contributed by atoms with Gasteiger partial charge in [-0.2, -0.15) is 0 Å². The van der Waals surface area contributed by atoms with E-state index in [9.17, 15) is 0 Å². The molecule has 0 fully saturated rings. The number of rotatable bonds is 1. The molecule has 0 amide bonds. The maximum atomic E-state index is 6.08. The minimum Gasteiger partial charge on any atom is -0.315 e. The van der Waals surface area contributed by atoms with Crippen LogP contribution in [0.3, 0.4) is 0 Å². The highest BCUT2D eigenvalue weighted by molar-refractivity contribution is 6.30. The minimum absolute atomic E-state index is 0.753. The Morgan fingerprint density at radius 2 is 1.33 bits per heavy atom. The van der Waals surface area contributed by atoms with Gasteiger partial charge in [-0.25, -0.2) is 0 Å². The molecule has 0 N–H and O–H groups in total. The molecule has 0 unspecified atom stereocenters. The van der Waals surface area contributed by atoms with E-state index in [0.29, 0.717) is 0 Å². The van der Waals surface area contributed by atoms with Gasteiger partial charge in [-0.05, 0) is 46.5 Å². The molecule has 0 bridgehead atoms. The van der Waals surface area contributed by atoms with Gasteiger partial charge in [-0.15, -0.1) is 0 Å². The van der Waals surface area contributed by atoms with Crippen molar-refractivity contribution < 1.29 is 0 Å². The Bertz CT molecular complexity index is 1150. The van der Waals surface area contributed by atoms with Gasteiger partial charge in [0.05, 0.1) is 5.69 Å². The zero-order valence-electron chi connectivity index (χ0n) is 12.9. The van der Waals surface area contributed by atoms with Gasteiger partial charge in [0.25, 0.3) is 0 Å². The normalized spacial score (nSPS) is 11.5. The third-order valence-corrected chi connectivity index (χ3v) is 4.89. The van der Waals surface area contributed by atoms with Gasteiger partial charge in [-0.1, -0.05) is 60.1 Å². The van der Waals surface area contributed by atoms with Crippen LogP contribution in [0.15, 0.2) is 85.1 Å². The number of pyridine rings is 1. The third kappa shape index (κ3) is 1.95. The average Bonchev–Trinajstić information content (AvgIpc) is 3.02. The van der Waals surface area contributed by atoms with E-state index in [4.69, 9.17) is 11.6 Å². The van der Waals surface area contributed by atoms with Crippen LogP contribution in [0, 0.1) is 0 Å². The first kappa shape index (κ1) is 13.6. The number of benzene rings is 3. The Morgan fingerprint density at radius 1 is 0.667 bits per heavy atom. The Balaban J connectivity index is 1.98. The van der Waals surface area contributed by atoms with Crippen LogP contribution in [0.1, 0.15) is 0 Å². The molecule has 1 heterocycles. The summed E-state index contributed by atoms with van der Waals surface area (Å²) in [7, 11) is 0. The monoisotopic (exact) mass is 327 g/mol. The predicted molar refractivity (Wildman–Crippen MR) is 102 cm³/mol. The van der Waals surface area contributed by atoms with Crippen molar-refractivity contribution in [3.8, 4) is 16.9 Å². The molecule has 0 atom stereocenters. The SMILES string of the molecule is Clc1ccc(-n2cc3ccccc3c3cc4ccccc4c2-3)cc1. The first-order chi connectivity index (χ1) is 11.8. The van der Waals surface area contributed by atoms with Crippen molar-refractivity contribution in [2.45, 2.75) is 0 Å². The first-order valence-corrected chi connectivity index (χ1v) is 8.36. The van der Waals surface area contributed by atoms with Crippen LogP contribution in [0.2, 0.25) is 5.02 Å². The van der Waals surface area contributed by atoms with Crippen LogP contribution in [-0.2, 0) is 0 Å². The topological polar surface area (TPSA) is 4.93 Å². The zero-order chi connectivity index (χ0) is 16.1. The van der Waals surface area contributed by atoms with E-state index in [1.54, 1.807) is 0 Å². The smallest absolute Gasteiger partial charge is 0.0612 e. The molecule has 1 aliphatic carbocycles. The molecule has 0 saturated carbocycles. The second kappa shape index (κ2) is 5.12. The summed E-state index contributed by atoms with van der Waals surface area (Å²) in [4.78, 5) is 0. The van der Waals surface area contributed by atoms with E-state index < -0.39 is 0 Å². The molecule has 114 valence electrons. The maximum absolute atomic E-state index is 6.08. The van der Waals surface area contributed by atoms with Crippen molar-refractivity contribution in [3.63, 3.8) is 0 Å². The molecule has 0 saturated heterocycles. The molecule has 3 aromatic rings. The van der Waals surface area contributed by atoms with E-state index in [0.717, 1.165) is 10.7 Å². The van der Waals surface area contributed by atoms with Gasteiger partial charge in [-0.3, -0.25) is 0 Å². The molecule has 3 aromatic carbocycles. The molecule has 1 aliphatic heterocycles. The van der Waals surface area contributed by atoms with Crippen LogP contribution in [-0.4, -0.2) is 4.57 Å². The van der Waals surface area contributed by atoms with Crippen molar-refractivity contribution in [3.05, 3.63) is 90.1 Å². The second-order valence-electron chi connectivity index (χ2n) is 6.06. The Morgan fingerprint density at radius 3 is 2.12 bits per heavy atom. The van der Waals surface area contributed by atoms with Gasteiger partial charge < -0.3 is 4.57 Å². The number of nitrogens with zero attached hydrogens (tertiary/aromatic N) is 1. The van der Waals surface area contributed by atoms with Crippen LogP contribution < -0.4 is 0 Å². The first-order valence-electron chi connectivity index (χ1n) is 7.99. The Hall–Kier alpha value is -2.77. The second-order valence-corrected chi connectivity index (χ2v) is 6.49. The lowest BCUT2D eigenvalue weighted by atomic mass is 10.0. The van der Waals surface area contributed by atoms with Gasteiger partial charge in [0, 0.05) is 27.9 Å². The van der Waals surface area contributed by atoms with Crippen molar-refractivity contribution in [2.75, 3.05) is 0 Å². The molecule has 2 aliphatic rings. The summed E-state index contributed by atoms with van der Waals surface area (Å²) in [5.74, 6) is 0. The number of halogens is 1. The maximum Gasteiger partial charge on any atom is 0.0612 e. The fourth-order valence-corrected chi connectivity index (χ4v) is 3.66. The summed E-state index contributed by atoms with van der Waals surface area (Å²) in [6.45, 7) is 0. The zero-order valence-corrected chi connectivity index (χ0v) is 13.7. The molecular formula is C22H14ClN. The van der Waals surface area contributed by atoms with Crippen LogP contribution in [0.25, 0.3) is 38.5 Å². The molecule has 24 heavy (non-hydrogen) atoms. The van der Waals surface area contributed by atoms with Gasteiger partial charge in [0.15, 0.2) is 0 Å². The van der Waals surface area contributed by atoms with Crippen molar-refractivity contribution in [1.29, 1.82) is 0 Å². The van der Waals surface area contributed by atoms with Gasteiger partial charge in [0.2, 0.25) is 0 Å². The van der Waals surface area contributed by atoms with Crippen LogP contribution in [0.4, 0.5) is 0 Å². The van der Waals surface area contributed by atoms with Crippen molar-refractivity contribution in [1.82, 2.24) is 4.57 Å². The number of aromatic nitrogens is 1. The number of hydrogen-bond acceptors (Lipinski definition) is 0. The van der Waals surface area contributed by atoms with Crippen LogP contribution >= 0.6 is 11.6 Å². The summed E-state index contributed by atoms with van der Waals surface area (Å²) >= 11 is 6.08. The molecule has 0 aromatic heterocycles. The fourth-order valence-electron chi connectivity index (χ4n) is 3.54. The minimum atomic E-state index is 0.753. The fraction of sp³-hybridized carbons (Fsp3) is 0. The standard InChI is InChI=1S/C22H14ClN/c23-17-9-11-18(12-10-17)24-14-16-6-2-3-7-19(16)21-13-15-5-1-4-8-20(15)22(21)24/h1-14H. The van der Waals surface area contributed by atoms with E-state index in [1.807, 2.05) is 12.1 Å². The highest BCUT2D eigenvalue weighted by atomic mass is 35.5. The van der Waals surface area contributed by atoms with E-state index in [2.05, 4.69) is 77.5 Å². The van der Waals surface area contributed by atoms with Gasteiger partial charge in [0.1, 0.15) is 0 Å². The lowest BCUT2D eigenvalue weighted by molar-refractivity contribution is 1.08. The van der Waals surface area contributed by atoms with Crippen molar-refractivity contribution in [2.24, 2.45) is 0 Å². The molecule has 5 rings (SSSR count). The predicted octanol–water partition coefficient (Wildman–Crippen LogP) is 6.54. The summed E-state index contributed by atoms with van der Waals surface area (Å²) in [5, 5.41) is 5.81. The molecule has 1 nitrogen and oxygen atoms in total. The Kier molecular flexibility index (Phi) is 2.91. The molecule has 0 radical (unpaired) electrons. The number of hydrogen-bond donors (Lipinski definition) is 0. The molecular weight excluding hydrogens is 314 g/mol. The lowest BCUT2D eigenvalue weighted by Crippen LogP contribution is -2.00. The quantitative estimate of drug-likeness (QED) is 0.329. The average molecular weight is 328 g/mol. The third-order valence-electron chi connectivity index (χ3n) is 4.64. The highest BCUT2D eigenvalue weighted by Gasteiger charge is 2.17. The van der Waals surface area contributed by atoms with Crippen molar-refractivity contribution >= 4 is 33.1 Å². The van der Waals surface area contributed by atoms with E-state index in [-0.39, 0.29) is 0 Å². The summed E-state index contributed by atoms with van der Waals surface area (Å²) in [5.41, 5.74) is 3.64. The number of fused-ring (bicyclic) bond motifs is 5. The molecule has 0 spiro atoms. The summed E-state index contributed by atoms with van der Waals surface area (Å²) in [6, 6.07) is 27.4. The van der Waals surface area contributed by atoms with Gasteiger partial charge >= 0.3 is 0 Å². The summed E-state index contributed by atoms with van der Waals surface area (Å²) < 4.78 is 2.27. The highest BCUT2D eigenvalue weighted by Crippen LogP contribution is 2.40. The van der Waals surface area contributed by atoms with E-state index in [1.165, 1.54) is 32.8 Å². The molecule has 2 heteroatoms. The van der Waals surface area contributed by atoms with E-state index >= 15 is 0 Å². The largest absolute Gasteiger partial charge is 0.315 e. The lowest BCUT2D eigenvalue weighted by Gasteiger charge is -2.17. The van der Waals surface area contributed by atoms with Crippen LogP contribution in [0.5, 0.6) is 0 Å². The Labute approximate surface area is 145 Å². The summed E-state index contributed by atoms with van der Waals surface area (Å²) in [6.07, 6.45) is 2.22.